The Labute approximate surface area is 254 Å². The fraction of sp³-hybridized carbons (Fsp3) is 0.297. The summed E-state index contributed by atoms with van der Waals surface area (Å²) < 4.78 is 11.1. The molecule has 4 aromatic carbocycles. The summed E-state index contributed by atoms with van der Waals surface area (Å²) >= 11 is 0. The molecule has 1 fully saturated rings. The summed E-state index contributed by atoms with van der Waals surface area (Å²) in [5.74, 6) is 1.08. The van der Waals surface area contributed by atoms with E-state index in [2.05, 4.69) is 41.0 Å². The van der Waals surface area contributed by atoms with E-state index in [0.717, 1.165) is 36.6 Å². The third-order valence-corrected chi connectivity index (χ3v) is 7.87. The van der Waals surface area contributed by atoms with Gasteiger partial charge in [0, 0.05) is 29.3 Å². The molecule has 5 rings (SSSR count). The standard InChI is InChI=1S/C37H40N2O4/c1-42-37(41)35(39-33-16-9-8-15-32(33)36(40)30-13-6-3-7-14-30)26-28-17-21-31(22-18-28)43-24-10-23-38-34(29-19-20-29)25-27-11-4-2-5-12-27/h2-9,11-18,21-22,29,34-35,38-39H,10,19-20,23-26H2,1H3/t34?,35-/m0/s1. The molecule has 0 bridgehead atoms. The summed E-state index contributed by atoms with van der Waals surface area (Å²) in [5.41, 5.74) is 4.03. The van der Waals surface area contributed by atoms with Crippen molar-refractivity contribution in [2.75, 3.05) is 25.6 Å². The van der Waals surface area contributed by atoms with Gasteiger partial charge in [-0.05, 0) is 73.5 Å². The number of carbonyl (C=O) groups is 2. The van der Waals surface area contributed by atoms with E-state index in [0.29, 0.717) is 35.9 Å². The topological polar surface area (TPSA) is 76.7 Å². The molecule has 1 unspecified atom stereocenters. The van der Waals surface area contributed by atoms with Crippen LogP contribution in [0.4, 0.5) is 5.69 Å². The molecule has 0 saturated heterocycles. The van der Waals surface area contributed by atoms with Gasteiger partial charge in [0.05, 0.1) is 13.7 Å². The van der Waals surface area contributed by atoms with Gasteiger partial charge in [-0.3, -0.25) is 4.79 Å². The number of hydrogen-bond acceptors (Lipinski definition) is 6. The van der Waals surface area contributed by atoms with Gasteiger partial charge in [-0.1, -0.05) is 84.9 Å². The summed E-state index contributed by atoms with van der Waals surface area (Å²) in [6.07, 6.45) is 5.03. The molecule has 0 amide bonds. The highest BCUT2D eigenvalue weighted by atomic mass is 16.5. The Balaban J connectivity index is 1.12. The van der Waals surface area contributed by atoms with Crippen molar-refractivity contribution in [2.24, 2.45) is 5.92 Å². The Morgan fingerprint density at radius 1 is 0.791 bits per heavy atom. The predicted molar refractivity (Wildman–Crippen MR) is 171 cm³/mol. The van der Waals surface area contributed by atoms with Crippen LogP contribution < -0.4 is 15.4 Å². The van der Waals surface area contributed by atoms with Crippen LogP contribution in [-0.2, 0) is 22.4 Å². The minimum absolute atomic E-state index is 0.108. The zero-order valence-corrected chi connectivity index (χ0v) is 24.7. The number of methoxy groups -OCH3 is 1. The van der Waals surface area contributed by atoms with E-state index < -0.39 is 12.0 Å². The number of nitrogens with one attached hydrogen (secondary N) is 2. The number of ether oxygens (including phenoxy) is 2. The van der Waals surface area contributed by atoms with E-state index in [1.165, 1.54) is 25.5 Å². The summed E-state index contributed by atoms with van der Waals surface area (Å²) in [6, 6.07) is 34.7. The molecule has 2 atom stereocenters. The molecule has 2 N–H and O–H groups in total. The number of rotatable bonds is 16. The zero-order valence-electron chi connectivity index (χ0n) is 24.7. The van der Waals surface area contributed by atoms with Crippen molar-refractivity contribution < 1.29 is 19.1 Å². The second-order valence-corrected chi connectivity index (χ2v) is 11.1. The molecule has 0 radical (unpaired) electrons. The summed E-state index contributed by atoms with van der Waals surface area (Å²) in [5, 5.41) is 7.01. The zero-order chi connectivity index (χ0) is 29.9. The number of hydrogen-bond donors (Lipinski definition) is 2. The quantitative estimate of drug-likeness (QED) is 0.0902. The lowest BCUT2D eigenvalue weighted by molar-refractivity contribution is -0.141. The van der Waals surface area contributed by atoms with Crippen LogP contribution in [0.25, 0.3) is 0 Å². The minimum Gasteiger partial charge on any atom is -0.494 e. The maximum Gasteiger partial charge on any atom is 0.328 e. The third kappa shape index (κ3) is 8.79. The fourth-order valence-corrected chi connectivity index (χ4v) is 5.35. The smallest absolute Gasteiger partial charge is 0.328 e. The molecule has 0 heterocycles. The normalized spacial score (nSPS) is 14.0. The minimum atomic E-state index is -0.664. The molecule has 0 aliphatic heterocycles. The van der Waals surface area contributed by atoms with Crippen LogP contribution in [0.1, 0.15) is 46.3 Å². The van der Waals surface area contributed by atoms with Gasteiger partial charge in [0.1, 0.15) is 11.8 Å². The van der Waals surface area contributed by atoms with Crippen molar-refractivity contribution in [1.29, 1.82) is 0 Å². The van der Waals surface area contributed by atoms with E-state index in [1.807, 2.05) is 60.7 Å². The first-order chi connectivity index (χ1) is 21.1. The molecule has 1 aliphatic rings. The Kier molecular flexibility index (Phi) is 10.6. The van der Waals surface area contributed by atoms with E-state index in [4.69, 9.17) is 9.47 Å². The van der Waals surface area contributed by atoms with Crippen molar-refractivity contribution in [2.45, 2.75) is 44.2 Å². The Morgan fingerprint density at radius 3 is 2.14 bits per heavy atom. The first kappa shape index (κ1) is 30.1. The van der Waals surface area contributed by atoms with Crippen molar-refractivity contribution in [3.8, 4) is 5.75 Å². The van der Waals surface area contributed by atoms with Gasteiger partial charge < -0.3 is 20.1 Å². The van der Waals surface area contributed by atoms with Crippen molar-refractivity contribution in [3.63, 3.8) is 0 Å². The molecular formula is C37H40N2O4. The summed E-state index contributed by atoms with van der Waals surface area (Å²) in [7, 11) is 1.37. The van der Waals surface area contributed by atoms with Crippen LogP contribution in [0.15, 0.2) is 109 Å². The largest absolute Gasteiger partial charge is 0.494 e. The fourth-order valence-electron chi connectivity index (χ4n) is 5.35. The number of benzene rings is 4. The van der Waals surface area contributed by atoms with Crippen LogP contribution in [0, 0.1) is 5.92 Å². The highest BCUT2D eigenvalue weighted by Gasteiger charge is 2.30. The number of para-hydroxylation sites is 1. The van der Waals surface area contributed by atoms with Gasteiger partial charge in [-0.2, -0.15) is 0 Å². The maximum absolute atomic E-state index is 13.2. The Hall–Kier alpha value is -4.42. The third-order valence-electron chi connectivity index (χ3n) is 7.87. The average Bonchev–Trinajstić information content (AvgIpc) is 3.91. The Morgan fingerprint density at radius 2 is 1.44 bits per heavy atom. The van der Waals surface area contributed by atoms with Crippen LogP contribution in [0.5, 0.6) is 5.75 Å². The number of esters is 1. The lowest BCUT2D eigenvalue weighted by Gasteiger charge is -2.20. The molecule has 6 heteroatoms. The molecule has 6 nitrogen and oxygen atoms in total. The number of ketones is 1. The second kappa shape index (κ2) is 15.2. The molecule has 222 valence electrons. The lowest BCUT2D eigenvalue weighted by atomic mass is 10.00. The monoisotopic (exact) mass is 576 g/mol. The maximum atomic E-state index is 13.2. The van der Waals surface area contributed by atoms with Gasteiger partial charge in [0.15, 0.2) is 5.78 Å². The molecule has 0 aromatic heterocycles. The first-order valence-electron chi connectivity index (χ1n) is 15.1. The van der Waals surface area contributed by atoms with Crippen molar-refractivity contribution in [1.82, 2.24) is 5.32 Å². The van der Waals surface area contributed by atoms with Gasteiger partial charge in [0.25, 0.3) is 0 Å². The van der Waals surface area contributed by atoms with E-state index >= 15 is 0 Å². The van der Waals surface area contributed by atoms with E-state index in [1.54, 1.807) is 18.2 Å². The summed E-state index contributed by atoms with van der Waals surface area (Å²) in [4.78, 5) is 25.9. The predicted octanol–water partition coefficient (Wildman–Crippen LogP) is 6.49. The number of anilines is 1. The lowest BCUT2D eigenvalue weighted by Crippen LogP contribution is -2.34. The highest BCUT2D eigenvalue weighted by molar-refractivity contribution is 6.12. The molecule has 43 heavy (non-hydrogen) atoms. The average molecular weight is 577 g/mol. The van der Waals surface area contributed by atoms with Gasteiger partial charge in [-0.15, -0.1) is 0 Å². The van der Waals surface area contributed by atoms with Crippen LogP contribution in [0.2, 0.25) is 0 Å². The second-order valence-electron chi connectivity index (χ2n) is 11.1. The van der Waals surface area contributed by atoms with Crippen molar-refractivity contribution in [3.05, 3.63) is 131 Å². The molecule has 1 saturated carbocycles. The van der Waals surface area contributed by atoms with Gasteiger partial charge >= 0.3 is 5.97 Å². The Bertz CT molecular complexity index is 1450. The van der Waals surface area contributed by atoms with Crippen LogP contribution in [-0.4, -0.2) is 44.1 Å². The SMILES string of the molecule is COC(=O)[C@H](Cc1ccc(OCCCNC(Cc2ccccc2)C2CC2)cc1)Nc1ccccc1C(=O)c1ccccc1. The van der Waals surface area contributed by atoms with Crippen LogP contribution >= 0.6 is 0 Å². The van der Waals surface area contributed by atoms with Crippen molar-refractivity contribution >= 4 is 17.4 Å². The molecule has 4 aromatic rings. The van der Waals surface area contributed by atoms with E-state index in [9.17, 15) is 9.59 Å². The van der Waals surface area contributed by atoms with E-state index in [-0.39, 0.29) is 5.78 Å². The highest BCUT2D eigenvalue weighted by Crippen LogP contribution is 2.34. The number of carbonyl (C=O) groups excluding carboxylic acids is 2. The van der Waals surface area contributed by atoms with Gasteiger partial charge in [0.2, 0.25) is 0 Å². The molecular weight excluding hydrogens is 536 g/mol. The summed E-state index contributed by atoms with van der Waals surface area (Å²) in [6.45, 7) is 1.56. The molecule has 1 aliphatic carbocycles. The molecule has 0 spiro atoms. The van der Waals surface area contributed by atoms with Crippen LogP contribution in [0.3, 0.4) is 0 Å². The van der Waals surface area contributed by atoms with Gasteiger partial charge in [-0.25, -0.2) is 4.79 Å². The first-order valence-corrected chi connectivity index (χ1v) is 15.1.